The SMILES string of the molecule is COC(=O)CC(NC(=O)CSc1nnc(C)n1Cc1ccccc1)c1ccccc1. The van der Waals surface area contributed by atoms with E-state index in [1.54, 1.807) is 0 Å². The molecule has 0 bridgehead atoms. The van der Waals surface area contributed by atoms with Crippen LogP contribution in [0.25, 0.3) is 0 Å². The number of aryl methyl sites for hydroxylation is 1. The Balaban J connectivity index is 1.64. The van der Waals surface area contributed by atoms with Crippen LogP contribution in [-0.2, 0) is 20.9 Å². The summed E-state index contributed by atoms with van der Waals surface area (Å²) in [5.74, 6) is 0.381. The molecule has 30 heavy (non-hydrogen) atoms. The van der Waals surface area contributed by atoms with E-state index in [0.29, 0.717) is 11.7 Å². The van der Waals surface area contributed by atoms with Crippen LogP contribution in [0, 0.1) is 6.92 Å². The molecular formula is C22H24N4O3S. The maximum Gasteiger partial charge on any atom is 0.307 e. The highest BCUT2D eigenvalue weighted by atomic mass is 32.2. The number of carbonyl (C=O) groups excluding carboxylic acids is 2. The molecule has 156 valence electrons. The normalized spacial score (nSPS) is 11.7. The van der Waals surface area contributed by atoms with Crippen molar-refractivity contribution in [2.75, 3.05) is 12.9 Å². The van der Waals surface area contributed by atoms with Gasteiger partial charge in [0.25, 0.3) is 0 Å². The molecule has 0 fully saturated rings. The average molecular weight is 425 g/mol. The summed E-state index contributed by atoms with van der Waals surface area (Å²) in [6, 6.07) is 19.0. The second-order valence-electron chi connectivity index (χ2n) is 6.70. The Bertz CT molecular complexity index is 977. The highest BCUT2D eigenvalue weighted by molar-refractivity contribution is 7.99. The van der Waals surface area contributed by atoms with Gasteiger partial charge in [0.2, 0.25) is 5.91 Å². The Morgan fingerprint density at radius 2 is 1.73 bits per heavy atom. The molecule has 1 atom stereocenters. The minimum absolute atomic E-state index is 0.0697. The van der Waals surface area contributed by atoms with Crippen molar-refractivity contribution < 1.29 is 14.3 Å². The maximum absolute atomic E-state index is 12.6. The number of benzene rings is 2. The molecule has 0 aliphatic carbocycles. The van der Waals surface area contributed by atoms with Gasteiger partial charge in [-0.2, -0.15) is 0 Å². The molecule has 8 heteroatoms. The van der Waals surface area contributed by atoms with Crippen LogP contribution in [0.2, 0.25) is 0 Å². The minimum atomic E-state index is -0.448. The van der Waals surface area contributed by atoms with E-state index in [-0.39, 0.29) is 24.1 Å². The molecule has 7 nitrogen and oxygen atoms in total. The van der Waals surface area contributed by atoms with Crippen LogP contribution in [0.3, 0.4) is 0 Å². The van der Waals surface area contributed by atoms with Crippen molar-refractivity contribution in [3.63, 3.8) is 0 Å². The second-order valence-corrected chi connectivity index (χ2v) is 7.64. The fraction of sp³-hybridized carbons (Fsp3) is 0.273. The standard InChI is InChI=1S/C22H24N4O3S/c1-16-24-25-22(26(16)14-17-9-5-3-6-10-17)30-15-20(27)23-19(13-21(28)29-2)18-11-7-4-8-12-18/h3-12,19H,13-15H2,1-2H3,(H,23,27). The Kier molecular flexibility index (Phi) is 7.62. The lowest BCUT2D eigenvalue weighted by Crippen LogP contribution is -2.31. The van der Waals surface area contributed by atoms with Crippen LogP contribution < -0.4 is 5.32 Å². The number of hydrogen-bond donors (Lipinski definition) is 1. The number of methoxy groups -OCH3 is 1. The lowest BCUT2D eigenvalue weighted by atomic mass is 10.0. The third kappa shape index (κ3) is 5.93. The number of carbonyl (C=O) groups is 2. The van der Waals surface area contributed by atoms with E-state index in [2.05, 4.69) is 15.5 Å². The predicted molar refractivity (Wildman–Crippen MR) is 115 cm³/mol. The number of aromatic nitrogens is 3. The van der Waals surface area contributed by atoms with Crippen LogP contribution in [-0.4, -0.2) is 39.5 Å². The summed E-state index contributed by atoms with van der Waals surface area (Å²) in [5, 5.41) is 12.0. The molecule has 1 heterocycles. The molecule has 3 aromatic rings. The lowest BCUT2D eigenvalue weighted by molar-refractivity contribution is -0.141. The van der Waals surface area contributed by atoms with Crippen molar-refractivity contribution in [2.24, 2.45) is 0 Å². The topological polar surface area (TPSA) is 86.1 Å². The van der Waals surface area contributed by atoms with Gasteiger partial charge in [0, 0.05) is 0 Å². The molecule has 0 aliphatic heterocycles. The molecule has 0 saturated carbocycles. The Hall–Kier alpha value is -3.13. The van der Waals surface area contributed by atoms with Crippen LogP contribution in [0.4, 0.5) is 0 Å². The Morgan fingerprint density at radius 3 is 2.40 bits per heavy atom. The number of esters is 1. The summed E-state index contributed by atoms with van der Waals surface area (Å²) in [5.41, 5.74) is 1.98. The minimum Gasteiger partial charge on any atom is -0.469 e. The zero-order valence-corrected chi connectivity index (χ0v) is 17.8. The molecule has 0 radical (unpaired) electrons. The first kappa shape index (κ1) is 21.6. The summed E-state index contributed by atoms with van der Waals surface area (Å²) >= 11 is 1.32. The van der Waals surface area contributed by atoms with Gasteiger partial charge in [-0.15, -0.1) is 10.2 Å². The molecule has 3 rings (SSSR count). The fourth-order valence-electron chi connectivity index (χ4n) is 2.97. The zero-order valence-electron chi connectivity index (χ0n) is 16.9. The first-order valence-electron chi connectivity index (χ1n) is 9.54. The molecule has 0 spiro atoms. The summed E-state index contributed by atoms with van der Waals surface area (Å²) in [6.07, 6.45) is 0.0697. The summed E-state index contributed by atoms with van der Waals surface area (Å²) < 4.78 is 6.75. The summed E-state index contributed by atoms with van der Waals surface area (Å²) in [4.78, 5) is 24.4. The van der Waals surface area contributed by atoms with Crippen LogP contribution in [0.15, 0.2) is 65.8 Å². The third-order valence-electron chi connectivity index (χ3n) is 4.55. The molecule has 0 aliphatic rings. The van der Waals surface area contributed by atoms with Gasteiger partial charge in [-0.3, -0.25) is 9.59 Å². The lowest BCUT2D eigenvalue weighted by Gasteiger charge is -2.18. The summed E-state index contributed by atoms with van der Waals surface area (Å²) in [6.45, 7) is 2.53. The smallest absolute Gasteiger partial charge is 0.307 e. The van der Waals surface area contributed by atoms with E-state index in [4.69, 9.17) is 4.74 Å². The summed E-state index contributed by atoms with van der Waals surface area (Å²) in [7, 11) is 1.34. The number of amides is 1. The molecule has 0 saturated heterocycles. The number of hydrogen-bond acceptors (Lipinski definition) is 6. The van der Waals surface area contributed by atoms with E-state index < -0.39 is 6.04 Å². The van der Waals surface area contributed by atoms with Gasteiger partial charge in [0.1, 0.15) is 5.82 Å². The first-order chi connectivity index (χ1) is 14.6. The second kappa shape index (κ2) is 10.6. The van der Waals surface area contributed by atoms with Crippen LogP contribution >= 0.6 is 11.8 Å². The van der Waals surface area contributed by atoms with Gasteiger partial charge in [-0.1, -0.05) is 72.4 Å². The third-order valence-corrected chi connectivity index (χ3v) is 5.52. The number of rotatable bonds is 9. The molecule has 1 N–H and O–H groups in total. The highest BCUT2D eigenvalue weighted by Gasteiger charge is 2.20. The van der Waals surface area contributed by atoms with Crippen molar-refractivity contribution in [1.29, 1.82) is 0 Å². The van der Waals surface area contributed by atoms with Crippen LogP contribution in [0.1, 0.15) is 29.4 Å². The molecule has 1 aromatic heterocycles. The van der Waals surface area contributed by atoms with Gasteiger partial charge in [-0.05, 0) is 18.1 Å². The monoisotopic (exact) mass is 424 g/mol. The van der Waals surface area contributed by atoms with Gasteiger partial charge >= 0.3 is 5.97 Å². The first-order valence-corrected chi connectivity index (χ1v) is 10.5. The van der Waals surface area contributed by atoms with Crippen molar-refractivity contribution in [3.05, 3.63) is 77.6 Å². The zero-order chi connectivity index (χ0) is 21.3. The van der Waals surface area contributed by atoms with Crippen molar-refractivity contribution in [3.8, 4) is 0 Å². The highest BCUT2D eigenvalue weighted by Crippen LogP contribution is 2.21. The van der Waals surface area contributed by atoms with Crippen molar-refractivity contribution in [1.82, 2.24) is 20.1 Å². The molecule has 1 unspecified atom stereocenters. The number of nitrogens with one attached hydrogen (secondary N) is 1. The van der Waals surface area contributed by atoms with E-state index in [1.165, 1.54) is 18.9 Å². The van der Waals surface area contributed by atoms with E-state index in [1.807, 2.05) is 72.2 Å². The van der Waals surface area contributed by atoms with Gasteiger partial charge < -0.3 is 14.6 Å². The average Bonchev–Trinajstić information content (AvgIpc) is 3.12. The molecule has 1 amide bonds. The van der Waals surface area contributed by atoms with Gasteiger partial charge in [-0.25, -0.2) is 0 Å². The largest absolute Gasteiger partial charge is 0.469 e. The molecular weight excluding hydrogens is 400 g/mol. The van der Waals surface area contributed by atoms with Crippen molar-refractivity contribution >= 4 is 23.6 Å². The quantitative estimate of drug-likeness (QED) is 0.420. The van der Waals surface area contributed by atoms with E-state index in [9.17, 15) is 9.59 Å². The van der Waals surface area contributed by atoms with Crippen LogP contribution in [0.5, 0.6) is 0 Å². The van der Waals surface area contributed by atoms with Gasteiger partial charge in [0.15, 0.2) is 5.16 Å². The Labute approximate surface area is 179 Å². The maximum atomic E-state index is 12.6. The number of nitrogens with zero attached hydrogens (tertiary/aromatic N) is 3. The Morgan fingerprint density at radius 1 is 1.07 bits per heavy atom. The van der Waals surface area contributed by atoms with Gasteiger partial charge in [0.05, 0.1) is 31.9 Å². The van der Waals surface area contributed by atoms with Crippen molar-refractivity contribution in [2.45, 2.75) is 31.1 Å². The predicted octanol–water partition coefficient (Wildman–Crippen LogP) is 3.15. The molecule has 2 aromatic carbocycles. The number of thioether (sulfide) groups is 1. The van der Waals surface area contributed by atoms with E-state index in [0.717, 1.165) is 17.0 Å². The number of ether oxygens (including phenoxy) is 1. The fourth-order valence-corrected chi connectivity index (χ4v) is 3.76. The van der Waals surface area contributed by atoms with E-state index >= 15 is 0 Å².